The molecule has 0 radical (unpaired) electrons. The maximum Gasteiger partial charge on any atom is 0.261 e. The molecule has 0 aliphatic rings. The predicted octanol–water partition coefficient (Wildman–Crippen LogP) is 2.92. The Morgan fingerprint density at radius 1 is 1.47 bits per heavy atom. The number of anilines is 2. The van der Waals surface area contributed by atoms with E-state index in [1.165, 1.54) is 11.3 Å². The van der Waals surface area contributed by atoms with Crippen molar-refractivity contribution in [2.45, 2.75) is 20.3 Å². The first kappa shape index (κ1) is 13.5. The van der Waals surface area contributed by atoms with Crippen LogP contribution in [-0.2, 0) is 0 Å². The van der Waals surface area contributed by atoms with E-state index >= 15 is 0 Å². The zero-order valence-electron chi connectivity index (χ0n) is 10.9. The zero-order valence-corrected chi connectivity index (χ0v) is 11.8. The van der Waals surface area contributed by atoms with Gasteiger partial charge in [-0.2, -0.15) is 0 Å². The van der Waals surface area contributed by atoms with E-state index in [4.69, 9.17) is 0 Å². The van der Waals surface area contributed by atoms with Crippen LogP contribution in [0.3, 0.4) is 0 Å². The summed E-state index contributed by atoms with van der Waals surface area (Å²) >= 11 is 1.41. The Labute approximate surface area is 116 Å². The highest BCUT2D eigenvalue weighted by Crippen LogP contribution is 2.18. The molecule has 0 atom stereocenters. The van der Waals surface area contributed by atoms with Crippen LogP contribution in [0.15, 0.2) is 23.7 Å². The SMILES string of the molecule is CCCNc1ncccc1C(=O)Nc1nc(C)cs1. The summed E-state index contributed by atoms with van der Waals surface area (Å²) in [6.45, 7) is 4.74. The molecule has 100 valence electrons. The molecule has 19 heavy (non-hydrogen) atoms. The molecule has 6 heteroatoms. The predicted molar refractivity (Wildman–Crippen MR) is 77.8 cm³/mol. The number of nitrogens with zero attached hydrogens (tertiary/aromatic N) is 2. The monoisotopic (exact) mass is 276 g/mol. The number of hydrogen-bond acceptors (Lipinski definition) is 5. The number of hydrogen-bond donors (Lipinski definition) is 2. The number of aromatic nitrogens is 2. The Hall–Kier alpha value is -1.95. The molecule has 5 nitrogen and oxygen atoms in total. The van der Waals surface area contributed by atoms with Gasteiger partial charge in [-0.1, -0.05) is 6.92 Å². The van der Waals surface area contributed by atoms with Crippen molar-refractivity contribution in [2.24, 2.45) is 0 Å². The highest BCUT2D eigenvalue weighted by atomic mass is 32.1. The minimum atomic E-state index is -0.193. The first-order valence-electron chi connectivity index (χ1n) is 6.13. The van der Waals surface area contributed by atoms with Gasteiger partial charge >= 0.3 is 0 Å². The van der Waals surface area contributed by atoms with Crippen molar-refractivity contribution < 1.29 is 4.79 Å². The summed E-state index contributed by atoms with van der Waals surface area (Å²) in [6, 6.07) is 3.50. The standard InChI is InChI=1S/C13H16N4OS/c1-3-6-14-11-10(5-4-7-15-11)12(18)17-13-16-9(2)8-19-13/h4-5,7-8H,3,6H2,1-2H3,(H,14,15)(H,16,17,18). The van der Waals surface area contributed by atoms with Crippen LogP contribution < -0.4 is 10.6 Å². The minimum absolute atomic E-state index is 0.193. The molecule has 1 amide bonds. The first-order valence-corrected chi connectivity index (χ1v) is 7.01. The highest BCUT2D eigenvalue weighted by Gasteiger charge is 2.13. The van der Waals surface area contributed by atoms with Gasteiger partial charge in [-0.3, -0.25) is 10.1 Å². The second kappa shape index (κ2) is 6.29. The summed E-state index contributed by atoms with van der Waals surface area (Å²) in [5.41, 5.74) is 1.43. The molecule has 0 bridgehead atoms. The van der Waals surface area contributed by atoms with Gasteiger partial charge in [0, 0.05) is 18.1 Å². The average molecular weight is 276 g/mol. The van der Waals surface area contributed by atoms with Gasteiger partial charge in [0.25, 0.3) is 5.91 Å². The van der Waals surface area contributed by atoms with E-state index in [9.17, 15) is 4.79 Å². The molecule has 0 aliphatic carbocycles. The van der Waals surface area contributed by atoms with Gasteiger partial charge in [-0.05, 0) is 25.5 Å². The quantitative estimate of drug-likeness (QED) is 0.881. The van der Waals surface area contributed by atoms with Crippen molar-refractivity contribution in [3.05, 3.63) is 35.0 Å². The van der Waals surface area contributed by atoms with E-state index in [0.717, 1.165) is 18.7 Å². The van der Waals surface area contributed by atoms with E-state index in [1.807, 2.05) is 12.3 Å². The molecule has 0 saturated heterocycles. The lowest BCUT2D eigenvalue weighted by Crippen LogP contribution is -2.16. The van der Waals surface area contributed by atoms with E-state index in [0.29, 0.717) is 16.5 Å². The van der Waals surface area contributed by atoms with Crippen LogP contribution in [-0.4, -0.2) is 22.4 Å². The average Bonchev–Trinajstić information content (AvgIpc) is 2.82. The highest BCUT2D eigenvalue weighted by molar-refractivity contribution is 7.13. The lowest BCUT2D eigenvalue weighted by atomic mass is 10.2. The van der Waals surface area contributed by atoms with Crippen LogP contribution in [0.2, 0.25) is 0 Å². The van der Waals surface area contributed by atoms with Gasteiger partial charge in [-0.25, -0.2) is 9.97 Å². The van der Waals surface area contributed by atoms with Crippen LogP contribution >= 0.6 is 11.3 Å². The maximum atomic E-state index is 12.2. The summed E-state index contributed by atoms with van der Waals surface area (Å²) in [6.07, 6.45) is 2.64. The third kappa shape index (κ3) is 3.51. The lowest BCUT2D eigenvalue weighted by molar-refractivity contribution is 0.102. The third-order valence-corrected chi connectivity index (χ3v) is 3.31. The summed E-state index contributed by atoms with van der Waals surface area (Å²) < 4.78 is 0. The number of carbonyl (C=O) groups excluding carboxylic acids is 1. The van der Waals surface area contributed by atoms with E-state index in [2.05, 4.69) is 27.5 Å². The molecular weight excluding hydrogens is 260 g/mol. The molecule has 0 unspecified atom stereocenters. The van der Waals surface area contributed by atoms with Crippen molar-refractivity contribution in [1.29, 1.82) is 0 Å². The first-order chi connectivity index (χ1) is 9.20. The van der Waals surface area contributed by atoms with Crippen molar-refractivity contribution in [3.8, 4) is 0 Å². The number of carbonyl (C=O) groups is 1. The Bertz CT molecular complexity index is 567. The second-order valence-corrected chi connectivity index (χ2v) is 4.93. The molecule has 2 aromatic heterocycles. The smallest absolute Gasteiger partial charge is 0.261 e. The molecule has 2 aromatic rings. The van der Waals surface area contributed by atoms with Crippen LogP contribution in [0.4, 0.5) is 10.9 Å². The Morgan fingerprint density at radius 2 is 2.32 bits per heavy atom. The fourth-order valence-electron chi connectivity index (χ4n) is 1.55. The Morgan fingerprint density at radius 3 is 3.00 bits per heavy atom. The fourth-order valence-corrected chi connectivity index (χ4v) is 2.23. The molecule has 0 saturated carbocycles. The zero-order chi connectivity index (χ0) is 13.7. The summed E-state index contributed by atoms with van der Waals surface area (Å²) in [4.78, 5) is 20.6. The number of pyridine rings is 1. The fraction of sp³-hybridized carbons (Fsp3) is 0.308. The van der Waals surface area contributed by atoms with Crippen molar-refractivity contribution in [2.75, 3.05) is 17.2 Å². The molecule has 0 aromatic carbocycles. The number of amides is 1. The normalized spacial score (nSPS) is 10.2. The third-order valence-electron chi connectivity index (χ3n) is 2.43. The van der Waals surface area contributed by atoms with Crippen LogP contribution in [0, 0.1) is 6.92 Å². The molecule has 2 N–H and O–H groups in total. The lowest BCUT2D eigenvalue weighted by Gasteiger charge is -2.09. The molecule has 0 fully saturated rings. The van der Waals surface area contributed by atoms with Crippen molar-refractivity contribution in [3.63, 3.8) is 0 Å². The number of nitrogens with one attached hydrogen (secondary N) is 2. The van der Waals surface area contributed by atoms with E-state index in [-0.39, 0.29) is 5.91 Å². The van der Waals surface area contributed by atoms with E-state index < -0.39 is 0 Å². The summed E-state index contributed by atoms with van der Waals surface area (Å²) in [7, 11) is 0. The molecule has 2 heterocycles. The molecule has 2 rings (SSSR count). The van der Waals surface area contributed by atoms with Gasteiger partial charge in [0.2, 0.25) is 0 Å². The van der Waals surface area contributed by atoms with Crippen LogP contribution in [0.25, 0.3) is 0 Å². The summed E-state index contributed by atoms with van der Waals surface area (Å²) in [5.74, 6) is 0.413. The molecular formula is C13H16N4OS. The van der Waals surface area contributed by atoms with Gasteiger partial charge in [0.15, 0.2) is 5.13 Å². The number of rotatable bonds is 5. The van der Waals surface area contributed by atoms with Gasteiger partial charge < -0.3 is 5.32 Å². The number of thiazole rings is 1. The van der Waals surface area contributed by atoms with E-state index in [1.54, 1.807) is 18.3 Å². The van der Waals surface area contributed by atoms with Gasteiger partial charge in [-0.15, -0.1) is 11.3 Å². The minimum Gasteiger partial charge on any atom is -0.369 e. The van der Waals surface area contributed by atoms with Crippen LogP contribution in [0.5, 0.6) is 0 Å². The van der Waals surface area contributed by atoms with Gasteiger partial charge in [0.1, 0.15) is 5.82 Å². The van der Waals surface area contributed by atoms with Crippen molar-refractivity contribution in [1.82, 2.24) is 9.97 Å². The molecule has 0 spiro atoms. The number of aryl methyl sites for hydroxylation is 1. The second-order valence-electron chi connectivity index (χ2n) is 4.07. The van der Waals surface area contributed by atoms with Gasteiger partial charge in [0.05, 0.1) is 11.3 Å². The van der Waals surface area contributed by atoms with Crippen LogP contribution in [0.1, 0.15) is 29.4 Å². The van der Waals surface area contributed by atoms with Crippen molar-refractivity contribution >= 4 is 28.2 Å². The Balaban J connectivity index is 2.14. The Kier molecular flexibility index (Phi) is 4.46. The largest absolute Gasteiger partial charge is 0.369 e. The molecule has 0 aliphatic heterocycles. The maximum absolute atomic E-state index is 12.2. The topological polar surface area (TPSA) is 66.9 Å². The summed E-state index contributed by atoms with van der Waals surface area (Å²) in [5, 5.41) is 8.43.